The van der Waals surface area contributed by atoms with E-state index in [9.17, 15) is 5.11 Å². The molecule has 1 fully saturated rings. The van der Waals surface area contributed by atoms with E-state index in [4.69, 9.17) is 11.6 Å². The van der Waals surface area contributed by atoms with Crippen molar-refractivity contribution in [3.8, 4) is 0 Å². The third-order valence-corrected chi connectivity index (χ3v) is 4.69. The number of hydrogen-bond donors (Lipinski definition) is 1. The Kier molecular flexibility index (Phi) is 4.47. The summed E-state index contributed by atoms with van der Waals surface area (Å²) in [7, 11) is 0. The maximum absolute atomic E-state index is 10.6. The SMILES string of the molecule is CCCN1CCC(O)(Cc2ccc(Cl)s2)CC1. The first-order valence-corrected chi connectivity index (χ1v) is 7.50. The largest absolute Gasteiger partial charge is 0.389 e. The van der Waals surface area contributed by atoms with Crippen LogP contribution in [-0.2, 0) is 6.42 Å². The number of aliphatic hydroxyl groups is 1. The number of likely N-dealkylation sites (tertiary alicyclic amines) is 1. The Balaban J connectivity index is 1.89. The monoisotopic (exact) mass is 273 g/mol. The molecule has 0 amide bonds. The van der Waals surface area contributed by atoms with Gasteiger partial charge in [0.2, 0.25) is 0 Å². The van der Waals surface area contributed by atoms with Crippen molar-refractivity contribution in [3.63, 3.8) is 0 Å². The highest BCUT2D eigenvalue weighted by atomic mass is 35.5. The molecule has 0 unspecified atom stereocenters. The van der Waals surface area contributed by atoms with Crippen LogP contribution in [0.2, 0.25) is 4.34 Å². The molecule has 4 heteroatoms. The molecule has 0 bridgehead atoms. The average Bonchev–Trinajstić information content (AvgIpc) is 2.68. The lowest BCUT2D eigenvalue weighted by Crippen LogP contribution is -2.45. The molecule has 0 radical (unpaired) electrons. The zero-order valence-electron chi connectivity index (χ0n) is 10.3. The first-order chi connectivity index (χ1) is 8.11. The highest BCUT2D eigenvalue weighted by Gasteiger charge is 2.32. The van der Waals surface area contributed by atoms with Gasteiger partial charge in [-0.1, -0.05) is 18.5 Å². The van der Waals surface area contributed by atoms with E-state index in [1.54, 1.807) is 11.3 Å². The Bertz CT molecular complexity index is 358. The topological polar surface area (TPSA) is 23.5 Å². The average molecular weight is 274 g/mol. The van der Waals surface area contributed by atoms with Gasteiger partial charge in [-0.05, 0) is 37.9 Å². The molecule has 0 aliphatic carbocycles. The molecular formula is C13H20ClNOS. The van der Waals surface area contributed by atoms with Crippen LogP contribution in [0.25, 0.3) is 0 Å². The molecule has 2 nitrogen and oxygen atoms in total. The Labute approximate surface area is 112 Å². The third kappa shape index (κ3) is 3.68. The van der Waals surface area contributed by atoms with Crippen LogP contribution in [0.4, 0.5) is 0 Å². The number of hydrogen-bond acceptors (Lipinski definition) is 3. The minimum atomic E-state index is -0.515. The van der Waals surface area contributed by atoms with Gasteiger partial charge in [0.05, 0.1) is 9.94 Å². The van der Waals surface area contributed by atoms with Crippen molar-refractivity contribution in [2.45, 2.75) is 38.2 Å². The van der Waals surface area contributed by atoms with Gasteiger partial charge in [-0.3, -0.25) is 0 Å². The maximum Gasteiger partial charge on any atom is 0.0931 e. The second kappa shape index (κ2) is 5.70. The van der Waals surface area contributed by atoms with Gasteiger partial charge in [-0.2, -0.15) is 0 Å². The van der Waals surface area contributed by atoms with Crippen molar-refractivity contribution in [1.29, 1.82) is 0 Å². The van der Waals surface area contributed by atoms with Gasteiger partial charge in [0.25, 0.3) is 0 Å². The van der Waals surface area contributed by atoms with Crippen LogP contribution in [0, 0.1) is 0 Å². The zero-order valence-corrected chi connectivity index (χ0v) is 11.9. The predicted octanol–water partition coefficient (Wildman–Crippen LogP) is 3.18. The number of thiophene rings is 1. The lowest BCUT2D eigenvalue weighted by molar-refractivity contribution is -0.0199. The van der Waals surface area contributed by atoms with Crippen LogP contribution in [0.15, 0.2) is 12.1 Å². The molecule has 1 N–H and O–H groups in total. The fraction of sp³-hybridized carbons (Fsp3) is 0.692. The van der Waals surface area contributed by atoms with Crippen molar-refractivity contribution >= 4 is 22.9 Å². The van der Waals surface area contributed by atoms with Gasteiger partial charge in [-0.15, -0.1) is 11.3 Å². The van der Waals surface area contributed by atoms with E-state index in [1.165, 1.54) is 11.3 Å². The second-order valence-electron chi connectivity index (χ2n) is 4.95. The molecule has 2 heterocycles. The van der Waals surface area contributed by atoms with Crippen LogP contribution in [0.5, 0.6) is 0 Å². The normalized spacial score (nSPS) is 20.6. The summed E-state index contributed by atoms with van der Waals surface area (Å²) in [4.78, 5) is 3.64. The summed E-state index contributed by atoms with van der Waals surface area (Å²) in [5.41, 5.74) is -0.515. The minimum Gasteiger partial charge on any atom is -0.389 e. The summed E-state index contributed by atoms with van der Waals surface area (Å²) in [6.07, 6.45) is 3.70. The summed E-state index contributed by atoms with van der Waals surface area (Å²) in [5.74, 6) is 0. The summed E-state index contributed by atoms with van der Waals surface area (Å²) in [6.45, 7) is 5.39. The van der Waals surface area contributed by atoms with E-state index in [1.807, 2.05) is 12.1 Å². The van der Waals surface area contributed by atoms with Crippen LogP contribution in [0.3, 0.4) is 0 Å². The number of halogens is 1. The molecule has 0 saturated carbocycles. The lowest BCUT2D eigenvalue weighted by atomic mass is 9.87. The van der Waals surface area contributed by atoms with Crippen LogP contribution >= 0.6 is 22.9 Å². The van der Waals surface area contributed by atoms with Gasteiger partial charge >= 0.3 is 0 Å². The molecule has 17 heavy (non-hydrogen) atoms. The smallest absolute Gasteiger partial charge is 0.0931 e. The Hall–Kier alpha value is -0.0900. The number of nitrogens with zero attached hydrogens (tertiary/aromatic N) is 1. The van der Waals surface area contributed by atoms with Crippen LogP contribution < -0.4 is 0 Å². The van der Waals surface area contributed by atoms with Crippen molar-refractivity contribution < 1.29 is 5.11 Å². The third-order valence-electron chi connectivity index (χ3n) is 3.46. The number of rotatable bonds is 4. The maximum atomic E-state index is 10.6. The predicted molar refractivity (Wildman–Crippen MR) is 73.9 cm³/mol. The molecule has 0 atom stereocenters. The van der Waals surface area contributed by atoms with Gasteiger partial charge in [0.1, 0.15) is 0 Å². The summed E-state index contributed by atoms with van der Waals surface area (Å²) >= 11 is 7.50. The van der Waals surface area contributed by atoms with Gasteiger partial charge < -0.3 is 10.0 Å². The summed E-state index contributed by atoms with van der Waals surface area (Å²) in [6, 6.07) is 3.94. The zero-order chi connectivity index (χ0) is 12.3. The van der Waals surface area contributed by atoms with Crippen molar-refractivity contribution in [1.82, 2.24) is 4.90 Å². The molecule has 1 aromatic heterocycles. The molecule has 0 spiro atoms. The number of piperidine rings is 1. The Morgan fingerprint density at radius 3 is 2.65 bits per heavy atom. The van der Waals surface area contributed by atoms with E-state index >= 15 is 0 Å². The Morgan fingerprint density at radius 1 is 1.41 bits per heavy atom. The van der Waals surface area contributed by atoms with Crippen LogP contribution in [-0.4, -0.2) is 35.2 Å². The molecule has 1 aromatic rings. The highest BCUT2D eigenvalue weighted by Crippen LogP contribution is 2.30. The highest BCUT2D eigenvalue weighted by molar-refractivity contribution is 7.16. The van der Waals surface area contributed by atoms with Gasteiger partial charge in [0, 0.05) is 24.4 Å². The first-order valence-electron chi connectivity index (χ1n) is 6.30. The van der Waals surface area contributed by atoms with E-state index < -0.39 is 5.60 Å². The van der Waals surface area contributed by atoms with Crippen LogP contribution in [0.1, 0.15) is 31.1 Å². The van der Waals surface area contributed by atoms with E-state index in [0.717, 1.165) is 43.2 Å². The molecule has 1 saturated heterocycles. The second-order valence-corrected chi connectivity index (χ2v) is 6.75. The van der Waals surface area contributed by atoms with E-state index in [0.29, 0.717) is 0 Å². The van der Waals surface area contributed by atoms with Crippen molar-refractivity contribution in [2.24, 2.45) is 0 Å². The molecule has 1 aliphatic rings. The summed E-state index contributed by atoms with van der Waals surface area (Å²) in [5, 5.41) is 10.6. The first kappa shape index (κ1) is 13.3. The Morgan fingerprint density at radius 2 is 2.12 bits per heavy atom. The fourth-order valence-electron chi connectivity index (χ4n) is 2.46. The molecule has 0 aromatic carbocycles. The van der Waals surface area contributed by atoms with E-state index in [2.05, 4.69) is 11.8 Å². The molecule has 1 aliphatic heterocycles. The molecule has 2 rings (SSSR count). The quantitative estimate of drug-likeness (QED) is 0.911. The van der Waals surface area contributed by atoms with Crippen molar-refractivity contribution in [3.05, 3.63) is 21.3 Å². The van der Waals surface area contributed by atoms with E-state index in [-0.39, 0.29) is 0 Å². The summed E-state index contributed by atoms with van der Waals surface area (Å²) < 4.78 is 0.812. The van der Waals surface area contributed by atoms with Crippen molar-refractivity contribution in [2.75, 3.05) is 19.6 Å². The van der Waals surface area contributed by atoms with Gasteiger partial charge in [0.15, 0.2) is 0 Å². The molecule has 96 valence electrons. The standard InChI is InChI=1S/C13H20ClNOS/c1-2-7-15-8-5-13(16,6-9-15)10-11-3-4-12(14)17-11/h3-4,16H,2,5-10H2,1H3. The minimum absolute atomic E-state index is 0.515. The molecular weight excluding hydrogens is 254 g/mol. The lowest BCUT2D eigenvalue weighted by Gasteiger charge is -2.38. The van der Waals surface area contributed by atoms with Gasteiger partial charge in [-0.25, -0.2) is 0 Å². The fourth-order valence-corrected chi connectivity index (χ4v) is 3.68.